The van der Waals surface area contributed by atoms with Gasteiger partial charge in [0.05, 0.1) is 10.5 Å². The summed E-state index contributed by atoms with van der Waals surface area (Å²) in [7, 11) is 0. The fraction of sp³-hybridized carbons (Fsp3) is 0.778. The lowest BCUT2D eigenvalue weighted by atomic mass is 10.0. The number of hydrogen-bond acceptors (Lipinski definition) is 2. The molecule has 3 N–H and O–H groups in total. The maximum atomic E-state index is 11.3. The molecule has 0 radical (unpaired) electrons. The largest absolute Gasteiger partial charge is 0.391 e. The third kappa shape index (κ3) is 4.83. The van der Waals surface area contributed by atoms with Crippen molar-refractivity contribution in [2.75, 3.05) is 0 Å². The second-order valence-corrected chi connectivity index (χ2v) is 4.58. The molecule has 0 aromatic carbocycles. The normalized spacial score (nSPS) is 11.5. The molecule has 0 atom stereocenters. The van der Waals surface area contributed by atoms with Crippen LogP contribution in [0, 0.1) is 5.92 Å². The van der Waals surface area contributed by atoms with Crippen molar-refractivity contribution in [3.05, 3.63) is 0 Å². The molecule has 0 fully saturated rings. The molecule has 1 amide bonds. The molecular formula is C9H18N2OS. The van der Waals surface area contributed by atoms with Crippen molar-refractivity contribution in [2.45, 2.75) is 39.7 Å². The number of nitrogens with two attached hydrogens (primary N) is 1. The molecule has 0 saturated heterocycles. The highest BCUT2D eigenvalue weighted by atomic mass is 32.1. The highest BCUT2D eigenvalue weighted by molar-refractivity contribution is 7.80. The minimum Gasteiger partial charge on any atom is -0.391 e. The molecular weight excluding hydrogens is 184 g/mol. The summed E-state index contributed by atoms with van der Waals surface area (Å²) in [4.78, 5) is 11.7. The second kappa shape index (κ2) is 4.56. The van der Waals surface area contributed by atoms with Gasteiger partial charge < -0.3 is 11.1 Å². The van der Waals surface area contributed by atoms with E-state index in [2.05, 4.69) is 5.32 Å². The molecule has 0 bridgehead atoms. The minimum absolute atomic E-state index is 0.00667. The monoisotopic (exact) mass is 202 g/mol. The van der Waals surface area contributed by atoms with E-state index in [0.717, 1.165) is 0 Å². The van der Waals surface area contributed by atoms with E-state index in [0.29, 0.717) is 17.3 Å². The van der Waals surface area contributed by atoms with Crippen LogP contribution in [0.2, 0.25) is 0 Å². The number of thiocarbonyl (C=S) groups is 1. The van der Waals surface area contributed by atoms with E-state index in [-0.39, 0.29) is 5.91 Å². The molecule has 0 aliphatic carbocycles. The molecule has 76 valence electrons. The summed E-state index contributed by atoms with van der Waals surface area (Å²) in [6, 6.07) is 0. The first kappa shape index (κ1) is 12.4. The summed E-state index contributed by atoms with van der Waals surface area (Å²) >= 11 is 4.83. The zero-order valence-electron chi connectivity index (χ0n) is 8.68. The Morgan fingerprint density at radius 3 is 2.31 bits per heavy atom. The van der Waals surface area contributed by atoms with Gasteiger partial charge in [-0.3, -0.25) is 4.79 Å². The van der Waals surface area contributed by atoms with Crippen molar-refractivity contribution in [3.63, 3.8) is 0 Å². The molecule has 0 aromatic rings. The molecule has 13 heavy (non-hydrogen) atoms. The highest BCUT2D eigenvalue weighted by Crippen LogP contribution is 2.05. The molecule has 0 rings (SSSR count). The Labute approximate surface area is 85.1 Å². The van der Waals surface area contributed by atoms with Crippen LogP contribution >= 0.6 is 12.2 Å². The summed E-state index contributed by atoms with van der Waals surface area (Å²) in [6.07, 6.45) is 0.506. The lowest BCUT2D eigenvalue weighted by molar-refractivity contribution is -0.122. The average Bonchev–Trinajstić information content (AvgIpc) is 1.82. The van der Waals surface area contributed by atoms with Crippen LogP contribution in [0.5, 0.6) is 0 Å². The van der Waals surface area contributed by atoms with Gasteiger partial charge in [-0.15, -0.1) is 0 Å². The number of carbonyl (C=O) groups is 1. The van der Waals surface area contributed by atoms with Gasteiger partial charge in [-0.1, -0.05) is 26.1 Å². The lowest BCUT2D eigenvalue weighted by Crippen LogP contribution is -2.52. The van der Waals surface area contributed by atoms with Crippen LogP contribution in [-0.2, 0) is 4.79 Å². The van der Waals surface area contributed by atoms with E-state index >= 15 is 0 Å². The van der Waals surface area contributed by atoms with E-state index in [9.17, 15) is 4.79 Å². The Morgan fingerprint density at radius 2 is 2.00 bits per heavy atom. The van der Waals surface area contributed by atoms with Gasteiger partial charge in [-0.2, -0.15) is 0 Å². The molecule has 0 spiro atoms. The van der Waals surface area contributed by atoms with Gasteiger partial charge in [0.1, 0.15) is 0 Å². The van der Waals surface area contributed by atoms with Crippen molar-refractivity contribution in [3.8, 4) is 0 Å². The predicted molar refractivity (Wildman–Crippen MR) is 58.5 cm³/mol. The Hall–Kier alpha value is -0.640. The van der Waals surface area contributed by atoms with Crippen molar-refractivity contribution in [2.24, 2.45) is 11.7 Å². The first-order valence-electron chi connectivity index (χ1n) is 4.36. The number of rotatable bonds is 4. The molecule has 0 heterocycles. The quantitative estimate of drug-likeness (QED) is 0.674. The zero-order valence-corrected chi connectivity index (χ0v) is 9.49. The highest BCUT2D eigenvalue weighted by Gasteiger charge is 2.23. The van der Waals surface area contributed by atoms with E-state index in [1.807, 2.05) is 13.8 Å². The topological polar surface area (TPSA) is 55.1 Å². The van der Waals surface area contributed by atoms with Crippen LogP contribution in [0.3, 0.4) is 0 Å². The van der Waals surface area contributed by atoms with Gasteiger partial charge in [0, 0.05) is 6.42 Å². The Kier molecular flexibility index (Phi) is 4.33. The van der Waals surface area contributed by atoms with E-state index in [1.54, 1.807) is 13.8 Å². The van der Waals surface area contributed by atoms with Gasteiger partial charge in [0.15, 0.2) is 0 Å². The molecule has 3 nitrogen and oxygen atoms in total. The number of hydrogen-bond donors (Lipinski definition) is 2. The summed E-state index contributed by atoms with van der Waals surface area (Å²) in [5, 5.41) is 2.78. The lowest BCUT2D eigenvalue weighted by Gasteiger charge is -2.25. The van der Waals surface area contributed by atoms with Crippen LogP contribution in [0.1, 0.15) is 34.1 Å². The van der Waals surface area contributed by atoms with E-state index in [1.165, 1.54) is 0 Å². The summed E-state index contributed by atoms with van der Waals surface area (Å²) in [6.45, 7) is 7.59. The van der Waals surface area contributed by atoms with Crippen LogP contribution in [0.25, 0.3) is 0 Å². The van der Waals surface area contributed by atoms with E-state index < -0.39 is 5.54 Å². The minimum atomic E-state index is -0.582. The zero-order chi connectivity index (χ0) is 10.6. The smallest absolute Gasteiger partial charge is 0.221 e. The standard InChI is InChI=1S/C9H18N2OS/c1-6(2)5-7(12)11-9(3,4)8(10)13/h6H,5H2,1-4H3,(H2,10,13)(H,11,12). The first-order valence-corrected chi connectivity index (χ1v) is 4.77. The summed E-state index contributed by atoms with van der Waals surface area (Å²) < 4.78 is 0. The van der Waals surface area contributed by atoms with Crippen molar-refractivity contribution < 1.29 is 4.79 Å². The number of carbonyl (C=O) groups excluding carboxylic acids is 1. The van der Waals surface area contributed by atoms with Gasteiger partial charge in [0.2, 0.25) is 5.91 Å². The van der Waals surface area contributed by atoms with Gasteiger partial charge in [-0.05, 0) is 19.8 Å². The third-order valence-electron chi connectivity index (χ3n) is 1.66. The van der Waals surface area contributed by atoms with Crippen LogP contribution < -0.4 is 11.1 Å². The van der Waals surface area contributed by atoms with Crippen LogP contribution in [-0.4, -0.2) is 16.4 Å². The maximum Gasteiger partial charge on any atom is 0.221 e. The van der Waals surface area contributed by atoms with Crippen molar-refractivity contribution in [1.29, 1.82) is 0 Å². The second-order valence-electron chi connectivity index (χ2n) is 4.14. The first-order chi connectivity index (χ1) is 5.75. The molecule has 0 aliphatic rings. The third-order valence-corrected chi connectivity index (χ3v) is 2.17. The SMILES string of the molecule is CC(C)CC(=O)NC(C)(C)C(N)=S. The molecule has 4 heteroatoms. The summed E-state index contributed by atoms with van der Waals surface area (Å²) in [5.74, 6) is 0.343. The molecule has 0 unspecified atom stereocenters. The molecule has 0 aliphatic heterocycles. The number of amides is 1. The van der Waals surface area contributed by atoms with Gasteiger partial charge in [0.25, 0.3) is 0 Å². The van der Waals surface area contributed by atoms with E-state index in [4.69, 9.17) is 18.0 Å². The molecule has 0 saturated carbocycles. The van der Waals surface area contributed by atoms with Crippen LogP contribution in [0.15, 0.2) is 0 Å². The summed E-state index contributed by atoms with van der Waals surface area (Å²) in [5.41, 5.74) is 4.88. The van der Waals surface area contributed by atoms with Gasteiger partial charge >= 0.3 is 0 Å². The Balaban J connectivity index is 4.12. The predicted octanol–water partition coefficient (Wildman–Crippen LogP) is 1.21. The molecule has 0 aromatic heterocycles. The fourth-order valence-electron chi connectivity index (χ4n) is 0.832. The number of nitrogens with one attached hydrogen (secondary N) is 1. The fourth-order valence-corrected chi connectivity index (χ4v) is 0.883. The van der Waals surface area contributed by atoms with Gasteiger partial charge in [-0.25, -0.2) is 0 Å². The van der Waals surface area contributed by atoms with Crippen molar-refractivity contribution in [1.82, 2.24) is 5.32 Å². The Morgan fingerprint density at radius 1 is 1.54 bits per heavy atom. The average molecular weight is 202 g/mol. The van der Waals surface area contributed by atoms with Crippen molar-refractivity contribution >= 4 is 23.1 Å². The van der Waals surface area contributed by atoms with Crippen LogP contribution in [0.4, 0.5) is 0 Å². The Bertz CT molecular complexity index is 212. The maximum absolute atomic E-state index is 11.3.